The van der Waals surface area contributed by atoms with Gasteiger partial charge in [0.1, 0.15) is 0 Å². The molecule has 0 saturated heterocycles. The summed E-state index contributed by atoms with van der Waals surface area (Å²) in [5.74, 6) is 0.0848. The first-order chi connectivity index (χ1) is 6.15. The lowest BCUT2D eigenvalue weighted by Gasteiger charge is -2.30. The van der Waals surface area contributed by atoms with E-state index < -0.39 is 0 Å². The fourth-order valence-corrected chi connectivity index (χ4v) is 1.63. The minimum Gasteiger partial charge on any atom is -0.375 e. The quantitative estimate of drug-likeness (QED) is 0.649. The van der Waals surface area contributed by atoms with Crippen molar-refractivity contribution in [3.8, 4) is 6.07 Å². The van der Waals surface area contributed by atoms with Crippen molar-refractivity contribution in [2.45, 2.75) is 39.7 Å². The maximum absolute atomic E-state index is 8.80. The molecule has 0 aliphatic carbocycles. The van der Waals surface area contributed by atoms with Crippen LogP contribution in [0.2, 0.25) is 0 Å². The van der Waals surface area contributed by atoms with Crippen LogP contribution in [0.15, 0.2) is 11.8 Å². The molecule has 1 unspecified atom stereocenters. The summed E-state index contributed by atoms with van der Waals surface area (Å²) < 4.78 is 0. The van der Waals surface area contributed by atoms with Crippen molar-refractivity contribution in [1.29, 1.82) is 5.26 Å². The average molecular weight is 178 g/mol. The van der Waals surface area contributed by atoms with Crippen LogP contribution in [-0.2, 0) is 0 Å². The summed E-state index contributed by atoms with van der Waals surface area (Å²) in [6.45, 7) is 7.50. The molecule has 13 heavy (non-hydrogen) atoms. The Hall–Kier alpha value is -0.970. The Morgan fingerprint density at radius 2 is 2.15 bits per heavy atom. The van der Waals surface area contributed by atoms with Gasteiger partial charge in [0.2, 0.25) is 0 Å². The van der Waals surface area contributed by atoms with E-state index >= 15 is 0 Å². The molecule has 0 N–H and O–H groups in total. The van der Waals surface area contributed by atoms with Crippen LogP contribution in [0.25, 0.3) is 0 Å². The first-order valence-corrected chi connectivity index (χ1v) is 5.01. The lowest BCUT2D eigenvalue weighted by Crippen LogP contribution is -2.30. The van der Waals surface area contributed by atoms with Crippen molar-refractivity contribution in [3.05, 3.63) is 11.8 Å². The van der Waals surface area contributed by atoms with Crippen LogP contribution in [-0.4, -0.2) is 17.5 Å². The van der Waals surface area contributed by atoms with Crippen molar-refractivity contribution in [2.24, 2.45) is 5.92 Å². The van der Waals surface area contributed by atoms with E-state index in [9.17, 15) is 0 Å². The standard InChI is InChI=1S/C11H18N2/c1-9(2)13-6-4-5-11(8-13)10(3)7-12/h8-10H,4-6H2,1-3H3. The maximum Gasteiger partial charge on any atom is 0.0698 e. The monoisotopic (exact) mass is 178 g/mol. The second-order valence-corrected chi connectivity index (χ2v) is 3.99. The van der Waals surface area contributed by atoms with Crippen LogP contribution in [0.4, 0.5) is 0 Å². The Kier molecular flexibility index (Phi) is 3.36. The van der Waals surface area contributed by atoms with E-state index in [0.717, 1.165) is 13.0 Å². The Labute approximate surface area is 80.8 Å². The number of rotatable bonds is 2. The van der Waals surface area contributed by atoms with Crippen LogP contribution in [0, 0.1) is 17.2 Å². The molecule has 2 heteroatoms. The van der Waals surface area contributed by atoms with Gasteiger partial charge in [-0.15, -0.1) is 0 Å². The summed E-state index contributed by atoms with van der Waals surface area (Å²) in [6.07, 6.45) is 4.47. The molecule has 0 aromatic rings. The molecule has 0 bridgehead atoms. The molecule has 1 aliphatic rings. The molecular formula is C11H18N2. The number of nitrogens with zero attached hydrogens (tertiary/aromatic N) is 2. The summed E-state index contributed by atoms with van der Waals surface area (Å²) in [6, 6.07) is 2.86. The molecule has 1 heterocycles. The summed E-state index contributed by atoms with van der Waals surface area (Å²) in [5, 5.41) is 8.80. The second-order valence-electron chi connectivity index (χ2n) is 3.99. The molecule has 0 spiro atoms. The molecule has 0 aromatic carbocycles. The van der Waals surface area contributed by atoms with Crippen LogP contribution >= 0.6 is 0 Å². The summed E-state index contributed by atoms with van der Waals surface area (Å²) >= 11 is 0. The molecule has 1 atom stereocenters. The largest absolute Gasteiger partial charge is 0.375 e. The van der Waals surface area contributed by atoms with Gasteiger partial charge < -0.3 is 4.90 Å². The van der Waals surface area contributed by atoms with Gasteiger partial charge in [0.15, 0.2) is 0 Å². The van der Waals surface area contributed by atoms with Gasteiger partial charge in [0, 0.05) is 12.6 Å². The third kappa shape index (κ3) is 2.48. The van der Waals surface area contributed by atoms with Gasteiger partial charge in [-0.05, 0) is 45.4 Å². The average Bonchev–Trinajstić information content (AvgIpc) is 2.17. The number of hydrogen-bond donors (Lipinski definition) is 0. The van der Waals surface area contributed by atoms with Crippen LogP contribution in [0.1, 0.15) is 33.6 Å². The highest BCUT2D eigenvalue weighted by Gasteiger charge is 2.16. The van der Waals surface area contributed by atoms with E-state index in [2.05, 4.69) is 31.0 Å². The normalized spacial score (nSPS) is 19.6. The molecule has 0 radical (unpaired) electrons. The Morgan fingerprint density at radius 3 is 2.69 bits per heavy atom. The van der Waals surface area contributed by atoms with Gasteiger partial charge >= 0.3 is 0 Å². The first kappa shape index (κ1) is 10.1. The highest BCUT2D eigenvalue weighted by Crippen LogP contribution is 2.22. The molecule has 1 rings (SSSR count). The van der Waals surface area contributed by atoms with E-state index in [1.54, 1.807) is 0 Å². The second kappa shape index (κ2) is 4.32. The molecule has 72 valence electrons. The molecule has 0 aromatic heterocycles. The Balaban J connectivity index is 2.70. The van der Waals surface area contributed by atoms with Crippen LogP contribution in [0.3, 0.4) is 0 Å². The zero-order valence-corrected chi connectivity index (χ0v) is 8.75. The molecule has 2 nitrogen and oxygen atoms in total. The minimum atomic E-state index is 0.0848. The summed E-state index contributed by atoms with van der Waals surface area (Å²) in [5.41, 5.74) is 1.29. The van der Waals surface area contributed by atoms with Gasteiger partial charge in [-0.3, -0.25) is 0 Å². The van der Waals surface area contributed by atoms with Crippen molar-refractivity contribution in [1.82, 2.24) is 4.90 Å². The van der Waals surface area contributed by atoms with Crippen molar-refractivity contribution < 1.29 is 0 Å². The van der Waals surface area contributed by atoms with E-state index in [4.69, 9.17) is 5.26 Å². The van der Waals surface area contributed by atoms with Gasteiger partial charge in [0.25, 0.3) is 0 Å². The van der Waals surface area contributed by atoms with Crippen LogP contribution in [0.5, 0.6) is 0 Å². The predicted octanol–water partition coefficient (Wildman–Crippen LogP) is 2.53. The van der Waals surface area contributed by atoms with Crippen molar-refractivity contribution >= 4 is 0 Å². The first-order valence-electron chi connectivity index (χ1n) is 5.01. The van der Waals surface area contributed by atoms with E-state index in [-0.39, 0.29) is 5.92 Å². The van der Waals surface area contributed by atoms with Gasteiger partial charge in [-0.1, -0.05) is 0 Å². The zero-order valence-electron chi connectivity index (χ0n) is 8.75. The molecule has 0 saturated carbocycles. The predicted molar refractivity (Wildman–Crippen MR) is 53.9 cm³/mol. The highest BCUT2D eigenvalue weighted by molar-refractivity contribution is 5.14. The highest BCUT2D eigenvalue weighted by atomic mass is 15.1. The minimum absolute atomic E-state index is 0.0848. The third-order valence-corrected chi connectivity index (χ3v) is 2.63. The van der Waals surface area contributed by atoms with Gasteiger partial charge in [0.05, 0.1) is 12.0 Å². The third-order valence-electron chi connectivity index (χ3n) is 2.63. The lowest BCUT2D eigenvalue weighted by molar-refractivity contribution is 0.286. The molecule has 1 aliphatic heterocycles. The van der Waals surface area contributed by atoms with E-state index in [0.29, 0.717) is 6.04 Å². The van der Waals surface area contributed by atoms with Crippen molar-refractivity contribution in [3.63, 3.8) is 0 Å². The van der Waals surface area contributed by atoms with E-state index in [1.807, 2.05) is 6.92 Å². The fourth-order valence-electron chi connectivity index (χ4n) is 1.63. The SMILES string of the molecule is CC(C#N)C1=CN(C(C)C)CCC1. The maximum atomic E-state index is 8.80. The number of nitriles is 1. The van der Waals surface area contributed by atoms with E-state index in [1.165, 1.54) is 12.0 Å². The number of hydrogen-bond acceptors (Lipinski definition) is 2. The van der Waals surface area contributed by atoms with Gasteiger partial charge in [-0.2, -0.15) is 5.26 Å². The molecular weight excluding hydrogens is 160 g/mol. The molecule has 0 amide bonds. The Morgan fingerprint density at radius 1 is 1.46 bits per heavy atom. The summed E-state index contributed by atoms with van der Waals surface area (Å²) in [4.78, 5) is 2.33. The Bertz CT molecular complexity index is 235. The summed E-state index contributed by atoms with van der Waals surface area (Å²) in [7, 11) is 0. The number of allylic oxidation sites excluding steroid dienone is 1. The van der Waals surface area contributed by atoms with Gasteiger partial charge in [-0.25, -0.2) is 0 Å². The lowest BCUT2D eigenvalue weighted by atomic mass is 9.96. The topological polar surface area (TPSA) is 27.0 Å². The van der Waals surface area contributed by atoms with Crippen molar-refractivity contribution in [2.75, 3.05) is 6.54 Å². The zero-order chi connectivity index (χ0) is 9.84. The smallest absolute Gasteiger partial charge is 0.0698 e. The molecule has 0 fully saturated rings. The fraction of sp³-hybridized carbons (Fsp3) is 0.727. The van der Waals surface area contributed by atoms with Crippen LogP contribution < -0.4 is 0 Å².